The van der Waals surface area contributed by atoms with E-state index in [9.17, 15) is 23.1 Å². The molecule has 0 aliphatic carbocycles. The lowest BCUT2D eigenvalue weighted by Gasteiger charge is -2.10. The normalized spacial score (nSPS) is 11.9. The zero-order valence-corrected chi connectivity index (χ0v) is 21.0. The number of aromatic amines is 1. The lowest BCUT2D eigenvalue weighted by Crippen LogP contribution is -2.06. The number of fused-ring (bicyclic) bond motifs is 3. The van der Waals surface area contributed by atoms with Crippen LogP contribution in [0.25, 0.3) is 32.9 Å². The van der Waals surface area contributed by atoms with Crippen LogP contribution in [0.5, 0.6) is 5.75 Å². The van der Waals surface area contributed by atoms with Crippen molar-refractivity contribution in [3.63, 3.8) is 0 Å². The van der Waals surface area contributed by atoms with Crippen LogP contribution in [0.2, 0.25) is 0 Å². The van der Waals surface area contributed by atoms with E-state index in [-0.39, 0.29) is 12.0 Å². The fraction of sp³-hybridized carbons (Fsp3) is 0.367. The van der Waals surface area contributed by atoms with Crippen molar-refractivity contribution >= 4 is 27.8 Å². The molecule has 4 rings (SSSR count). The molecular formula is C30H32F3NO3. The summed E-state index contributed by atoms with van der Waals surface area (Å²) in [4.78, 5) is 15.4. The predicted octanol–water partition coefficient (Wildman–Crippen LogP) is 9.06. The topological polar surface area (TPSA) is 62.3 Å². The molecule has 7 heteroatoms. The van der Waals surface area contributed by atoms with E-state index >= 15 is 0 Å². The molecule has 4 aromatic rings. The zero-order valence-electron chi connectivity index (χ0n) is 21.0. The highest BCUT2D eigenvalue weighted by molar-refractivity contribution is 6.20. The van der Waals surface area contributed by atoms with E-state index in [1.54, 1.807) is 6.07 Å². The van der Waals surface area contributed by atoms with Gasteiger partial charge in [-0.3, -0.25) is 0 Å². The number of H-pyrrole nitrogens is 1. The van der Waals surface area contributed by atoms with Crippen LogP contribution in [0.1, 0.15) is 67.3 Å². The quantitative estimate of drug-likeness (QED) is 0.187. The van der Waals surface area contributed by atoms with Crippen LogP contribution >= 0.6 is 0 Å². The third kappa shape index (κ3) is 6.85. The Balaban J connectivity index is 1.39. The van der Waals surface area contributed by atoms with E-state index in [0.29, 0.717) is 18.4 Å². The Morgan fingerprint density at radius 2 is 1.57 bits per heavy atom. The summed E-state index contributed by atoms with van der Waals surface area (Å²) in [5, 5.41) is 11.4. The van der Waals surface area contributed by atoms with Gasteiger partial charge in [0.05, 0.1) is 12.2 Å². The first-order valence-electron chi connectivity index (χ1n) is 12.8. The fourth-order valence-corrected chi connectivity index (χ4v) is 4.89. The van der Waals surface area contributed by atoms with Gasteiger partial charge >= 0.3 is 12.1 Å². The van der Waals surface area contributed by atoms with Gasteiger partial charge in [-0.1, -0.05) is 56.4 Å². The van der Waals surface area contributed by atoms with Gasteiger partial charge in [0.2, 0.25) is 0 Å². The zero-order chi connectivity index (χ0) is 26.4. The molecular weight excluding hydrogens is 479 g/mol. The van der Waals surface area contributed by atoms with E-state index in [1.807, 2.05) is 55.5 Å². The number of unbranched alkanes of at least 4 members (excludes halogenated alkanes) is 6. The van der Waals surface area contributed by atoms with Crippen molar-refractivity contribution in [2.75, 3.05) is 6.61 Å². The highest BCUT2D eigenvalue weighted by Gasteiger charge is 2.25. The number of nitrogens with one attached hydrogen (secondary N) is 1. The second-order valence-corrected chi connectivity index (χ2v) is 9.61. The fourth-order valence-electron chi connectivity index (χ4n) is 4.89. The molecule has 2 N–H and O–H groups in total. The smallest absolute Gasteiger partial charge is 0.389 e. The Labute approximate surface area is 214 Å². The van der Waals surface area contributed by atoms with Gasteiger partial charge in [-0.05, 0) is 66.8 Å². The van der Waals surface area contributed by atoms with Crippen LogP contribution in [0.3, 0.4) is 0 Å². The number of aromatic carboxylic acids is 1. The minimum atomic E-state index is -4.04. The van der Waals surface area contributed by atoms with E-state index in [1.165, 1.54) is 0 Å². The van der Waals surface area contributed by atoms with Crippen molar-refractivity contribution in [2.45, 2.75) is 64.5 Å². The van der Waals surface area contributed by atoms with E-state index in [0.717, 1.165) is 71.0 Å². The monoisotopic (exact) mass is 511 g/mol. The van der Waals surface area contributed by atoms with Crippen LogP contribution in [0.4, 0.5) is 13.2 Å². The number of alkyl halides is 3. The SMILES string of the molecule is Cc1cc(C(=O)O)c2c(c1)[nH]c1cccc(-c3cccc(OCCCCCCCCCC(F)(F)F)c3)c12. The molecule has 4 nitrogen and oxygen atoms in total. The predicted molar refractivity (Wildman–Crippen MR) is 141 cm³/mol. The highest BCUT2D eigenvalue weighted by atomic mass is 19.4. The van der Waals surface area contributed by atoms with E-state index in [2.05, 4.69) is 4.98 Å². The number of hydrogen-bond acceptors (Lipinski definition) is 2. The Morgan fingerprint density at radius 1 is 0.865 bits per heavy atom. The number of rotatable bonds is 12. The third-order valence-electron chi connectivity index (χ3n) is 6.62. The van der Waals surface area contributed by atoms with Crippen LogP contribution in [0.15, 0.2) is 54.6 Å². The van der Waals surface area contributed by atoms with Crippen molar-refractivity contribution in [1.29, 1.82) is 0 Å². The molecule has 0 spiro atoms. The van der Waals surface area contributed by atoms with Gasteiger partial charge in [0, 0.05) is 28.2 Å². The lowest BCUT2D eigenvalue weighted by molar-refractivity contribution is -0.135. The summed E-state index contributed by atoms with van der Waals surface area (Å²) in [6.45, 7) is 2.45. The van der Waals surface area contributed by atoms with Crippen LogP contribution < -0.4 is 4.74 Å². The van der Waals surface area contributed by atoms with Gasteiger partial charge in [0.1, 0.15) is 5.75 Å². The molecule has 0 amide bonds. The van der Waals surface area contributed by atoms with E-state index < -0.39 is 18.6 Å². The van der Waals surface area contributed by atoms with Gasteiger partial charge in [0.25, 0.3) is 0 Å². The number of carboxylic acid groups (broad SMARTS) is 1. The van der Waals surface area contributed by atoms with Crippen molar-refractivity contribution in [1.82, 2.24) is 4.98 Å². The maximum Gasteiger partial charge on any atom is 0.389 e. The summed E-state index contributed by atoms with van der Waals surface area (Å²) in [6.07, 6.45) is 0.736. The molecule has 0 saturated carbocycles. The average Bonchev–Trinajstić information content (AvgIpc) is 3.22. The van der Waals surface area contributed by atoms with Crippen LogP contribution in [-0.4, -0.2) is 28.8 Å². The number of aromatic nitrogens is 1. The molecule has 0 saturated heterocycles. The summed E-state index contributed by atoms with van der Waals surface area (Å²) in [6, 6.07) is 17.4. The second kappa shape index (κ2) is 11.7. The van der Waals surface area contributed by atoms with Crippen molar-refractivity contribution < 1.29 is 27.8 Å². The summed E-state index contributed by atoms with van der Waals surface area (Å²) in [5.41, 5.74) is 4.72. The Hall–Kier alpha value is -3.48. The number of ether oxygens (including phenoxy) is 1. The maximum atomic E-state index is 12.2. The number of carboxylic acids is 1. The number of benzene rings is 3. The molecule has 0 atom stereocenters. The largest absolute Gasteiger partial charge is 0.494 e. The first-order chi connectivity index (χ1) is 17.7. The molecule has 3 aromatic carbocycles. The van der Waals surface area contributed by atoms with Crippen molar-refractivity contribution in [3.8, 4) is 16.9 Å². The molecule has 0 bridgehead atoms. The summed E-state index contributed by atoms with van der Waals surface area (Å²) in [7, 11) is 0. The highest BCUT2D eigenvalue weighted by Crippen LogP contribution is 2.37. The van der Waals surface area contributed by atoms with Gasteiger partial charge in [-0.2, -0.15) is 13.2 Å². The van der Waals surface area contributed by atoms with Gasteiger partial charge in [-0.25, -0.2) is 4.79 Å². The Bertz CT molecular complexity index is 1370. The minimum absolute atomic E-state index is 0.215. The first-order valence-corrected chi connectivity index (χ1v) is 12.8. The average molecular weight is 512 g/mol. The number of hydrogen-bond donors (Lipinski definition) is 2. The molecule has 1 aromatic heterocycles. The summed E-state index contributed by atoms with van der Waals surface area (Å²) >= 11 is 0. The van der Waals surface area contributed by atoms with E-state index in [4.69, 9.17) is 4.74 Å². The minimum Gasteiger partial charge on any atom is -0.494 e. The second-order valence-electron chi connectivity index (χ2n) is 9.61. The van der Waals surface area contributed by atoms with Crippen molar-refractivity contribution in [3.05, 3.63) is 65.7 Å². The molecule has 0 fully saturated rings. The van der Waals surface area contributed by atoms with Crippen molar-refractivity contribution in [2.24, 2.45) is 0 Å². The molecule has 196 valence electrons. The third-order valence-corrected chi connectivity index (χ3v) is 6.62. The Morgan fingerprint density at radius 3 is 2.30 bits per heavy atom. The van der Waals surface area contributed by atoms with Gasteiger partial charge in [-0.15, -0.1) is 0 Å². The molecule has 1 heterocycles. The number of halogens is 3. The lowest BCUT2D eigenvalue weighted by atomic mass is 9.96. The molecule has 0 unspecified atom stereocenters. The van der Waals surface area contributed by atoms with Crippen LogP contribution in [0, 0.1) is 6.92 Å². The molecule has 0 aliphatic rings. The Kier molecular flexibility index (Phi) is 8.41. The maximum absolute atomic E-state index is 12.2. The van der Waals surface area contributed by atoms with Crippen LogP contribution in [-0.2, 0) is 0 Å². The molecule has 37 heavy (non-hydrogen) atoms. The summed E-state index contributed by atoms with van der Waals surface area (Å²) in [5.74, 6) is -0.210. The standard InChI is InChI=1S/C30H32F3NO3/c1-20-17-24(29(35)36)28-26(18-20)34-25-14-10-13-23(27(25)28)21-11-9-12-22(19-21)37-16-8-6-4-2-3-5-7-15-30(31,32)33/h9-14,17-19,34H,2-8,15-16H2,1H3,(H,35,36). The molecule has 0 radical (unpaired) electrons. The molecule has 0 aliphatic heterocycles. The van der Waals surface area contributed by atoms with Gasteiger partial charge < -0.3 is 14.8 Å². The number of carbonyl (C=O) groups is 1. The first kappa shape index (κ1) is 26.6. The van der Waals surface area contributed by atoms with Gasteiger partial charge in [0.15, 0.2) is 0 Å². The summed E-state index contributed by atoms with van der Waals surface area (Å²) < 4.78 is 42.5. The number of aryl methyl sites for hydroxylation is 1.